The quantitative estimate of drug-likeness (QED) is 0.366. The van der Waals surface area contributed by atoms with Crippen LogP contribution in [0.5, 0.6) is 0 Å². The minimum Gasteiger partial charge on any atom is -0.455 e. The van der Waals surface area contributed by atoms with Gasteiger partial charge in [-0.1, -0.05) is 0 Å². The normalized spacial score (nSPS) is 13.6. The number of non-ortho nitro benzene ring substituents is 1. The number of benzene rings is 2. The molecular weight excluding hydrogens is 473 g/mol. The third-order valence-electron chi connectivity index (χ3n) is 5.56. The van der Waals surface area contributed by atoms with E-state index in [1.54, 1.807) is 6.92 Å². The number of nitrogens with one attached hydrogen (secondary N) is 3. The highest BCUT2D eigenvalue weighted by molar-refractivity contribution is 6.07. The van der Waals surface area contributed by atoms with Crippen molar-refractivity contribution in [1.82, 2.24) is 16.3 Å². The molecule has 0 bridgehead atoms. The number of carbonyl (C=O) groups excluding carboxylic acids is 3. The number of hydrazine groups is 1. The number of hydrogen-bond donors (Lipinski definition) is 3. The average Bonchev–Trinajstić information content (AvgIpc) is 3.23. The second-order valence-electron chi connectivity index (χ2n) is 7.93. The second-order valence-corrected chi connectivity index (χ2v) is 7.93. The van der Waals surface area contributed by atoms with Crippen LogP contribution in [0.1, 0.15) is 61.0 Å². The van der Waals surface area contributed by atoms with Crippen molar-refractivity contribution in [1.29, 1.82) is 0 Å². The van der Waals surface area contributed by atoms with Crippen LogP contribution in [-0.4, -0.2) is 28.4 Å². The molecule has 12 heteroatoms. The van der Waals surface area contributed by atoms with Crippen LogP contribution >= 0.6 is 0 Å². The number of fused-ring (bicyclic) bond motifs is 1. The fourth-order valence-electron chi connectivity index (χ4n) is 3.76. The number of nitro benzene ring substituents is 1. The molecule has 1 aromatic heterocycles. The standard InChI is InChI=1S/C24H20FN5O6/c1-13-20-18(26-27-22(31)15-7-11-17(12-8-15)30(34)35)3-2-4-19(20)36-21(13)24(33)29-28-23(32)14-5-9-16(25)10-6-14/h5-12H,2-4H2,1H3,(H,27,31)(H,28,32)(H,29,33)/b26-18+. The van der Waals surface area contributed by atoms with Gasteiger partial charge < -0.3 is 4.42 Å². The van der Waals surface area contributed by atoms with E-state index in [2.05, 4.69) is 21.4 Å². The molecule has 11 nitrogen and oxygen atoms in total. The summed E-state index contributed by atoms with van der Waals surface area (Å²) in [5.74, 6) is -1.85. The second kappa shape index (κ2) is 10.2. The summed E-state index contributed by atoms with van der Waals surface area (Å²) in [6.07, 6.45) is 1.76. The fourth-order valence-corrected chi connectivity index (χ4v) is 3.76. The fraction of sp³-hybridized carbons (Fsp3) is 0.167. The molecule has 1 aliphatic rings. The van der Waals surface area contributed by atoms with Crippen LogP contribution < -0.4 is 16.3 Å². The van der Waals surface area contributed by atoms with Gasteiger partial charge in [0.25, 0.3) is 17.5 Å². The first-order chi connectivity index (χ1) is 17.2. The van der Waals surface area contributed by atoms with E-state index in [4.69, 9.17) is 4.42 Å². The number of halogens is 1. The molecule has 0 atom stereocenters. The lowest BCUT2D eigenvalue weighted by molar-refractivity contribution is -0.384. The summed E-state index contributed by atoms with van der Waals surface area (Å²) in [5, 5.41) is 15.0. The van der Waals surface area contributed by atoms with Gasteiger partial charge in [-0.05, 0) is 56.2 Å². The van der Waals surface area contributed by atoms with Gasteiger partial charge in [0, 0.05) is 40.8 Å². The van der Waals surface area contributed by atoms with Crippen LogP contribution in [-0.2, 0) is 6.42 Å². The molecule has 1 aliphatic carbocycles. The summed E-state index contributed by atoms with van der Waals surface area (Å²) < 4.78 is 18.8. The van der Waals surface area contributed by atoms with E-state index in [-0.39, 0.29) is 22.6 Å². The molecule has 3 amide bonds. The van der Waals surface area contributed by atoms with E-state index in [0.717, 1.165) is 12.1 Å². The molecule has 3 N–H and O–H groups in total. The minimum absolute atomic E-state index is 0.0179. The Bertz CT molecular complexity index is 1380. The maximum Gasteiger partial charge on any atom is 0.305 e. The Labute approximate surface area is 203 Å². The van der Waals surface area contributed by atoms with Gasteiger partial charge in [-0.25, -0.2) is 9.82 Å². The molecule has 0 saturated carbocycles. The Kier molecular flexibility index (Phi) is 6.86. The van der Waals surface area contributed by atoms with Crippen molar-refractivity contribution >= 4 is 29.1 Å². The highest BCUT2D eigenvalue weighted by Gasteiger charge is 2.28. The lowest BCUT2D eigenvalue weighted by Gasteiger charge is -2.13. The Morgan fingerprint density at radius 2 is 1.56 bits per heavy atom. The Morgan fingerprint density at radius 1 is 0.944 bits per heavy atom. The Balaban J connectivity index is 1.46. The maximum atomic E-state index is 13.0. The van der Waals surface area contributed by atoms with E-state index in [1.165, 1.54) is 36.4 Å². The predicted molar refractivity (Wildman–Crippen MR) is 125 cm³/mol. The van der Waals surface area contributed by atoms with Crippen LogP contribution in [0.15, 0.2) is 58.0 Å². The van der Waals surface area contributed by atoms with Crippen molar-refractivity contribution in [2.24, 2.45) is 5.10 Å². The molecule has 0 aliphatic heterocycles. The van der Waals surface area contributed by atoms with Gasteiger partial charge >= 0.3 is 5.91 Å². The Morgan fingerprint density at radius 3 is 2.22 bits per heavy atom. The molecular formula is C24H20FN5O6. The van der Waals surface area contributed by atoms with Gasteiger partial charge in [0.1, 0.15) is 11.6 Å². The number of hydrogen-bond acceptors (Lipinski definition) is 7. The van der Waals surface area contributed by atoms with Gasteiger partial charge in [0.2, 0.25) is 0 Å². The first kappa shape index (κ1) is 24.3. The lowest BCUT2D eigenvalue weighted by atomic mass is 9.93. The molecule has 0 saturated heterocycles. The molecule has 0 fully saturated rings. The van der Waals surface area contributed by atoms with Crippen molar-refractivity contribution in [2.75, 3.05) is 0 Å². The summed E-state index contributed by atoms with van der Waals surface area (Å²) in [6, 6.07) is 9.91. The van der Waals surface area contributed by atoms with Crippen LogP contribution in [0, 0.1) is 22.9 Å². The largest absolute Gasteiger partial charge is 0.455 e. The number of aryl methyl sites for hydroxylation is 1. The van der Waals surface area contributed by atoms with Gasteiger partial charge in [-0.15, -0.1) is 0 Å². The van der Waals surface area contributed by atoms with Crippen molar-refractivity contribution in [3.05, 3.63) is 98.2 Å². The smallest absolute Gasteiger partial charge is 0.305 e. The number of nitro groups is 1. The summed E-state index contributed by atoms with van der Waals surface area (Å²) in [5.41, 5.74) is 8.79. The first-order valence-electron chi connectivity index (χ1n) is 10.8. The number of carbonyl (C=O) groups is 3. The summed E-state index contributed by atoms with van der Waals surface area (Å²) in [7, 11) is 0. The minimum atomic E-state index is -0.688. The zero-order valence-corrected chi connectivity index (χ0v) is 19.0. The SMILES string of the molecule is Cc1c(C(=O)NNC(=O)c2ccc(F)cc2)oc2c1/C(=N/NC(=O)c1ccc([N+](=O)[O-])cc1)CCC2. The van der Waals surface area contributed by atoms with Crippen molar-refractivity contribution < 1.29 is 28.1 Å². The molecule has 0 radical (unpaired) electrons. The van der Waals surface area contributed by atoms with Crippen molar-refractivity contribution in [3.8, 4) is 0 Å². The van der Waals surface area contributed by atoms with Crippen molar-refractivity contribution in [2.45, 2.75) is 26.2 Å². The van der Waals surface area contributed by atoms with E-state index in [0.29, 0.717) is 41.9 Å². The molecule has 36 heavy (non-hydrogen) atoms. The van der Waals surface area contributed by atoms with Crippen molar-refractivity contribution in [3.63, 3.8) is 0 Å². The maximum absolute atomic E-state index is 13.0. The molecule has 0 spiro atoms. The molecule has 0 unspecified atom stereocenters. The van der Waals surface area contributed by atoms with Crippen LogP contribution in [0.3, 0.4) is 0 Å². The van der Waals surface area contributed by atoms with E-state index >= 15 is 0 Å². The van der Waals surface area contributed by atoms with Crippen LogP contribution in [0.25, 0.3) is 0 Å². The average molecular weight is 493 g/mol. The van der Waals surface area contributed by atoms with Crippen LogP contribution in [0.2, 0.25) is 0 Å². The van der Waals surface area contributed by atoms with E-state index < -0.39 is 28.5 Å². The summed E-state index contributed by atoms with van der Waals surface area (Å²) in [6.45, 7) is 1.66. The topological polar surface area (TPSA) is 156 Å². The van der Waals surface area contributed by atoms with E-state index in [1.807, 2.05) is 0 Å². The van der Waals surface area contributed by atoms with E-state index in [9.17, 15) is 28.9 Å². The third kappa shape index (κ3) is 5.12. The highest BCUT2D eigenvalue weighted by Crippen LogP contribution is 2.29. The number of nitrogens with zero attached hydrogens (tertiary/aromatic N) is 2. The van der Waals surface area contributed by atoms with Gasteiger partial charge in [0.15, 0.2) is 5.76 Å². The zero-order valence-electron chi connectivity index (χ0n) is 19.0. The Hall–Kier alpha value is -4.87. The predicted octanol–water partition coefficient (Wildman–Crippen LogP) is 3.18. The monoisotopic (exact) mass is 493 g/mol. The number of hydrazone groups is 1. The number of amides is 3. The molecule has 4 rings (SSSR count). The third-order valence-corrected chi connectivity index (χ3v) is 5.56. The molecule has 1 heterocycles. The summed E-state index contributed by atoms with van der Waals surface area (Å²) >= 11 is 0. The molecule has 2 aromatic carbocycles. The van der Waals surface area contributed by atoms with Gasteiger partial charge in [0.05, 0.1) is 10.6 Å². The molecule has 184 valence electrons. The van der Waals surface area contributed by atoms with Gasteiger partial charge in [-0.3, -0.25) is 35.3 Å². The molecule has 3 aromatic rings. The van der Waals surface area contributed by atoms with Crippen LogP contribution in [0.4, 0.5) is 10.1 Å². The summed E-state index contributed by atoms with van der Waals surface area (Å²) in [4.78, 5) is 47.5. The number of furan rings is 1. The van der Waals surface area contributed by atoms with Gasteiger partial charge in [-0.2, -0.15) is 5.10 Å². The number of rotatable bonds is 5. The first-order valence-corrected chi connectivity index (χ1v) is 10.8. The lowest BCUT2D eigenvalue weighted by Crippen LogP contribution is -2.41. The highest BCUT2D eigenvalue weighted by atomic mass is 19.1. The zero-order chi connectivity index (χ0) is 25.8.